The Balaban J connectivity index is 2.36. The molecule has 1 unspecified atom stereocenters. The van der Waals surface area contributed by atoms with Gasteiger partial charge >= 0.3 is 0 Å². The van der Waals surface area contributed by atoms with Gasteiger partial charge in [0.05, 0.1) is 22.9 Å². The van der Waals surface area contributed by atoms with E-state index in [-0.39, 0.29) is 23.4 Å². The number of benzene rings is 1. The number of hydrogen-bond acceptors (Lipinski definition) is 4. The average Bonchev–Trinajstić information content (AvgIpc) is 2.23. The number of sulfone groups is 1. The Morgan fingerprint density at radius 2 is 2.11 bits per heavy atom. The summed E-state index contributed by atoms with van der Waals surface area (Å²) in [6.07, 6.45) is 0. The topological polar surface area (TPSA) is 63.4 Å². The molecule has 18 heavy (non-hydrogen) atoms. The van der Waals surface area contributed by atoms with Crippen LogP contribution in [-0.2, 0) is 9.84 Å². The molecule has 1 aliphatic heterocycles. The fraction of sp³-hybridized carbons (Fsp3) is 0.500. The minimum absolute atomic E-state index is 0.114. The zero-order valence-electron chi connectivity index (χ0n) is 10.5. The van der Waals surface area contributed by atoms with Crippen molar-refractivity contribution in [1.82, 2.24) is 0 Å². The molecule has 4 nitrogen and oxygen atoms in total. The van der Waals surface area contributed by atoms with Gasteiger partial charge in [-0.1, -0.05) is 0 Å². The first kappa shape index (κ1) is 13.1. The van der Waals surface area contributed by atoms with Gasteiger partial charge in [-0.3, -0.25) is 0 Å². The molecule has 2 rings (SSSR count). The summed E-state index contributed by atoms with van der Waals surface area (Å²) >= 11 is 0. The Bertz CT molecular complexity index is 572. The first-order valence-electron chi connectivity index (χ1n) is 5.83. The Morgan fingerprint density at radius 1 is 1.44 bits per heavy atom. The number of nitrogens with two attached hydrogens (primary N) is 1. The Morgan fingerprint density at radius 3 is 2.72 bits per heavy atom. The summed E-state index contributed by atoms with van der Waals surface area (Å²) in [5.74, 6) is -0.107. The van der Waals surface area contributed by atoms with Crippen LogP contribution in [0, 0.1) is 12.7 Å². The lowest BCUT2D eigenvalue weighted by Gasteiger charge is -2.36. The molecule has 0 saturated carbocycles. The quantitative estimate of drug-likeness (QED) is 0.784. The second-order valence-corrected chi connectivity index (χ2v) is 7.05. The normalized spacial score (nSPS) is 23.1. The van der Waals surface area contributed by atoms with Crippen LogP contribution in [0.15, 0.2) is 12.1 Å². The van der Waals surface area contributed by atoms with Crippen molar-refractivity contribution in [3.8, 4) is 0 Å². The van der Waals surface area contributed by atoms with E-state index in [1.807, 2.05) is 11.8 Å². The lowest BCUT2D eigenvalue weighted by atomic mass is 10.1. The Labute approximate surface area is 107 Å². The van der Waals surface area contributed by atoms with Gasteiger partial charge < -0.3 is 10.6 Å². The van der Waals surface area contributed by atoms with E-state index < -0.39 is 9.84 Å². The summed E-state index contributed by atoms with van der Waals surface area (Å²) in [5.41, 5.74) is 7.40. The van der Waals surface area contributed by atoms with Crippen molar-refractivity contribution in [1.29, 1.82) is 0 Å². The zero-order valence-corrected chi connectivity index (χ0v) is 11.3. The number of hydrogen-bond donors (Lipinski definition) is 1. The van der Waals surface area contributed by atoms with E-state index in [9.17, 15) is 12.8 Å². The van der Waals surface area contributed by atoms with Gasteiger partial charge in [0.25, 0.3) is 0 Å². The van der Waals surface area contributed by atoms with Crippen LogP contribution >= 0.6 is 0 Å². The summed E-state index contributed by atoms with van der Waals surface area (Å²) in [5, 5.41) is 0. The molecule has 0 amide bonds. The van der Waals surface area contributed by atoms with Crippen molar-refractivity contribution in [2.75, 3.05) is 28.7 Å². The van der Waals surface area contributed by atoms with Gasteiger partial charge in [0.1, 0.15) is 5.82 Å². The highest BCUT2D eigenvalue weighted by Crippen LogP contribution is 2.29. The maximum atomic E-state index is 13.4. The van der Waals surface area contributed by atoms with Crippen molar-refractivity contribution >= 4 is 21.2 Å². The molecule has 1 heterocycles. The minimum atomic E-state index is -2.96. The largest absolute Gasteiger partial charge is 0.397 e. The van der Waals surface area contributed by atoms with Crippen molar-refractivity contribution in [3.63, 3.8) is 0 Å². The predicted molar refractivity (Wildman–Crippen MR) is 71.0 cm³/mol. The summed E-state index contributed by atoms with van der Waals surface area (Å²) < 4.78 is 36.4. The molecule has 6 heteroatoms. The predicted octanol–water partition coefficient (Wildman–Crippen LogP) is 1.34. The van der Waals surface area contributed by atoms with E-state index in [0.717, 1.165) is 5.69 Å². The van der Waals surface area contributed by atoms with Crippen molar-refractivity contribution in [3.05, 3.63) is 23.5 Å². The van der Waals surface area contributed by atoms with Crippen LogP contribution in [0.3, 0.4) is 0 Å². The van der Waals surface area contributed by atoms with Gasteiger partial charge in [-0.25, -0.2) is 12.8 Å². The molecular weight excluding hydrogens is 255 g/mol. The molecule has 0 aromatic heterocycles. The number of halogens is 1. The molecule has 1 aliphatic rings. The number of nitrogen functional groups attached to an aromatic ring is 1. The standard InChI is InChI=1S/C12H17FN2O2S/c1-8-5-12(11(14)6-10(8)13)15-3-4-18(16,17)7-9(15)2/h5-6,9H,3-4,7,14H2,1-2H3. The molecule has 1 aromatic rings. The lowest BCUT2D eigenvalue weighted by Crippen LogP contribution is -2.47. The number of nitrogens with zero attached hydrogens (tertiary/aromatic N) is 1. The number of aryl methyl sites for hydroxylation is 1. The monoisotopic (exact) mass is 272 g/mol. The van der Waals surface area contributed by atoms with Gasteiger partial charge in [0, 0.05) is 12.6 Å². The maximum absolute atomic E-state index is 13.4. The van der Waals surface area contributed by atoms with E-state index in [1.165, 1.54) is 6.07 Å². The maximum Gasteiger partial charge on any atom is 0.154 e. The molecule has 0 bridgehead atoms. The van der Waals surface area contributed by atoms with Crippen LogP contribution in [0.5, 0.6) is 0 Å². The smallest absolute Gasteiger partial charge is 0.154 e. The van der Waals surface area contributed by atoms with Crippen LogP contribution in [0.2, 0.25) is 0 Å². The van der Waals surface area contributed by atoms with Crippen molar-refractivity contribution < 1.29 is 12.8 Å². The molecule has 0 aliphatic carbocycles. The first-order valence-corrected chi connectivity index (χ1v) is 7.65. The SMILES string of the molecule is Cc1cc(N2CCS(=O)(=O)CC2C)c(N)cc1F. The van der Waals surface area contributed by atoms with Crippen LogP contribution in [0.1, 0.15) is 12.5 Å². The molecule has 2 N–H and O–H groups in total. The van der Waals surface area contributed by atoms with Gasteiger partial charge in [-0.05, 0) is 31.5 Å². The molecule has 1 fully saturated rings. The number of anilines is 2. The average molecular weight is 272 g/mol. The van der Waals surface area contributed by atoms with Gasteiger partial charge in [-0.2, -0.15) is 0 Å². The van der Waals surface area contributed by atoms with Crippen LogP contribution < -0.4 is 10.6 Å². The van der Waals surface area contributed by atoms with Gasteiger partial charge in [0.15, 0.2) is 9.84 Å². The Hall–Kier alpha value is -1.30. The zero-order chi connectivity index (χ0) is 13.5. The van der Waals surface area contributed by atoms with Crippen molar-refractivity contribution in [2.24, 2.45) is 0 Å². The van der Waals surface area contributed by atoms with Crippen LogP contribution in [-0.4, -0.2) is 32.5 Å². The molecule has 1 aromatic carbocycles. The molecule has 100 valence electrons. The minimum Gasteiger partial charge on any atom is -0.397 e. The third-order valence-electron chi connectivity index (χ3n) is 3.29. The molecule has 0 radical (unpaired) electrons. The van der Waals surface area contributed by atoms with E-state index in [1.54, 1.807) is 13.0 Å². The van der Waals surface area contributed by atoms with Gasteiger partial charge in [0.2, 0.25) is 0 Å². The highest BCUT2D eigenvalue weighted by atomic mass is 32.2. The Kier molecular flexibility index (Phi) is 3.23. The molecule has 0 spiro atoms. The molecular formula is C12H17FN2O2S. The summed E-state index contributed by atoms with van der Waals surface area (Å²) in [7, 11) is -2.96. The summed E-state index contributed by atoms with van der Waals surface area (Å²) in [6.45, 7) is 3.91. The van der Waals surface area contributed by atoms with E-state index >= 15 is 0 Å². The van der Waals surface area contributed by atoms with Gasteiger partial charge in [-0.15, -0.1) is 0 Å². The second kappa shape index (κ2) is 4.42. The molecule has 1 atom stereocenters. The fourth-order valence-corrected chi connectivity index (χ4v) is 3.84. The van der Waals surface area contributed by atoms with Crippen LogP contribution in [0.4, 0.5) is 15.8 Å². The summed E-state index contributed by atoms with van der Waals surface area (Å²) in [4.78, 5) is 1.93. The van der Waals surface area contributed by atoms with Crippen molar-refractivity contribution in [2.45, 2.75) is 19.9 Å². The highest BCUT2D eigenvalue weighted by molar-refractivity contribution is 7.91. The second-order valence-electron chi connectivity index (χ2n) is 4.82. The third-order valence-corrected chi connectivity index (χ3v) is 5.08. The van der Waals surface area contributed by atoms with Crippen LogP contribution in [0.25, 0.3) is 0 Å². The first-order chi connectivity index (χ1) is 8.30. The third kappa shape index (κ3) is 2.43. The molecule has 1 saturated heterocycles. The number of rotatable bonds is 1. The lowest BCUT2D eigenvalue weighted by molar-refractivity contribution is 0.568. The van der Waals surface area contributed by atoms with E-state index in [4.69, 9.17) is 5.73 Å². The highest BCUT2D eigenvalue weighted by Gasteiger charge is 2.29. The summed E-state index contributed by atoms with van der Waals surface area (Å²) in [6, 6.07) is 2.83. The fourth-order valence-electron chi connectivity index (χ4n) is 2.29. The van der Waals surface area contributed by atoms with E-state index in [2.05, 4.69) is 0 Å². The van der Waals surface area contributed by atoms with E-state index in [0.29, 0.717) is 17.8 Å².